The zero-order chi connectivity index (χ0) is 20.2. The van der Waals surface area contributed by atoms with Gasteiger partial charge in [-0.15, -0.1) is 0 Å². The summed E-state index contributed by atoms with van der Waals surface area (Å²) in [6.45, 7) is 3.54. The molecule has 29 heavy (non-hydrogen) atoms. The molecule has 0 unspecified atom stereocenters. The molecule has 0 amide bonds. The summed E-state index contributed by atoms with van der Waals surface area (Å²) in [5.41, 5.74) is 7.53. The van der Waals surface area contributed by atoms with Crippen LogP contribution in [0.3, 0.4) is 0 Å². The highest BCUT2D eigenvalue weighted by molar-refractivity contribution is 5.65. The zero-order valence-electron chi connectivity index (χ0n) is 17.5. The fraction of sp³-hybridized carbons (Fsp3) is 0.375. The van der Waals surface area contributed by atoms with Gasteiger partial charge in [-0.05, 0) is 24.1 Å². The van der Waals surface area contributed by atoms with Gasteiger partial charge in [0.05, 0.1) is 25.1 Å². The summed E-state index contributed by atoms with van der Waals surface area (Å²) >= 11 is 0. The Bertz CT molecular complexity index is 966. The molecule has 0 saturated heterocycles. The Kier molecular flexibility index (Phi) is 5.97. The number of methoxy groups -OCH3 is 2. The first-order valence-corrected chi connectivity index (χ1v) is 10.2. The van der Waals surface area contributed by atoms with Crippen LogP contribution in [0.25, 0.3) is 11.3 Å². The van der Waals surface area contributed by atoms with E-state index < -0.39 is 0 Å². The van der Waals surface area contributed by atoms with Crippen LogP contribution in [0.5, 0.6) is 5.75 Å². The molecule has 1 aliphatic rings. The molecule has 0 aliphatic carbocycles. The highest BCUT2D eigenvalue weighted by Crippen LogP contribution is 2.29. The number of fused-ring (bicyclic) bond motifs is 1. The molecule has 2 heterocycles. The number of hydrogen-bond acceptors (Lipinski definition) is 4. The first-order chi connectivity index (χ1) is 14.2. The summed E-state index contributed by atoms with van der Waals surface area (Å²) in [4.78, 5) is 2.52. The van der Waals surface area contributed by atoms with Gasteiger partial charge in [0.15, 0.2) is 0 Å². The topological polar surface area (TPSA) is 39.5 Å². The second-order valence-corrected chi connectivity index (χ2v) is 7.62. The van der Waals surface area contributed by atoms with Crippen LogP contribution in [0, 0.1) is 0 Å². The minimum atomic E-state index is 0.563. The molecule has 3 aromatic rings. The lowest BCUT2D eigenvalue weighted by molar-refractivity contribution is 0.181. The quantitative estimate of drug-likeness (QED) is 0.640. The van der Waals surface area contributed by atoms with Crippen LogP contribution in [-0.4, -0.2) is 42.0 Å². The van der Waals surface area contributed by atoms with Gasteiger partial charge in [-0.2, -0.15) is 5.10 Å². The Balaban J connectivity index is 1.51. The van der Waals surface area contributed by atoms with Crippen molar-refractivity contribution in [3.05, 3.63) is 70.9 Å². The van der Waals surface area contributed by atoms with Crippen molar-refractivity contribution in [2.75, 3.05) is 27.3 Å². The minimum Gasteiger partial charge on any atom is -0.496 e. The van der Waals surface area contributed by atoms with E-state index in [-0.39, 0.29) is 0 Å². The number of rotatable bonds is 6. The molecule has 0 radical (unpaired) electrons. The average Bonchev–Trinajstić information content (AvgIpc) is 2.94. The number of aromatic nitrogens is 2. The SMILES string of the molecule is COCc1cc(CN2CCc3nn(C)c(-c4ccccc4)c3CC2)ccc1OC. The van der Waals surface area contributed by atoms with Crippen LogP contribution in [0.15, 0.2) is 48.5 Å². The highest BCUT2D eigenvalue weighted by atomic mass is 16.5. The zero-order valence-corrected chi connectivity index (χ0v) is 17.5. The molecule has 0 atom stereocenters. The molecule has 152 valence electrons. The van der Waals surface area contributed by atoms with Crippen LogP contribution in [0.1, 0.15) is 22.4 Å². The Morgan fingerprint density at radius 3 is 2.55 bits per heavy atom. The Morgan fingerprint density at radius 2 is 1.79 bits per heavy atom. The maximum absolute atomic E-state index is 5.46. The first-order valence-electron chi connectivity index (χ1n) is 10.2. The van der Waals surface area contributed by atoms with Crippen molar-refractivity contribution >= 4 is 0 Å². The van der Waals surface area contributed by atoms with Gasteiger partial charge in [0.25, 0.3) is 0 Å². The largest absolute Gasteiger partial charge is 0.496 e. The molecule has 0 saturated carbocycles. The normalized spacial score (nSPS) is 14.4. The third-order valence-electron chi connectivity index (χ3n) is 5.67. The predicted molar refractivity (Wildman–Crippen MR) is 115 cm³/mol. The lowest BCUT2D eigenvalue weighted by Crippen LogP contribution is -2.26. The van der Waals surface area contributed by atoms with Gasteiger partial charge in [0.2, 0.25) is 0 Å². The molecule has 4 rings (SSSR count). The number of benzene rings is 2. The van der Waals surface area contributed by atoms with Crippen molar-refractivity contribution in [2.45, 2.75) is 26.0 Å². The number of hydrogen-bond donors (Lipinski definition) is 0. The maximum atomic E-state index is 5.46. The van der Waals surface area contributed by atoms with E-state index in [4.69, 9.17) is 14.6 Å². The van der Waals surface area contributed by atoms with Crippen molar-refractivity contribution in [3.8, 4) is 17.0 Å². The van der Waals surface area contributed by atoms with Crippen LogP contribution in [-0.2, 0) is 37.8 Å². The van der Waals surface area contributed by atoms with E-state index in [1.807, 2.05) is 6.07 Å². The summed E-state index contributed by atoms with van der Waals surface area (Å²) in [6, 6.07) is 17.0. The van der Waals surface area contributed by atoms with Crippen LogP contribution in [0.2, 0.25) is 0 Å². The Hall–Kier alpha value is -2.63. The minimum absolute atomic E-state index is 0.563. The lowest BCUT2D eigenvalue weighted by Gasteiger charge is -2.21. The fourth-order valence-electron chi connectivity index (χ4n) is 4.30. The van der Waals surface area contributed by atoms with Crippen LogP contribution < -0.4 is 4.74 Å². The van der Waals surface area contributed by atoms with Crippen molar-refractivity contribution < 1.29 is 9.47 Å². The van der Waals surface area contributed by atoms with Crippen molar-refractivity contribution in [3.63, 3.8) is 0 Å². The molecule has 5 nitrogen and oxygen atoms in total. The lowest BCUT2D eigenvalue weighted by atomic mass is 10.0. The third kappa shape index (κ3) is 4.21. The van der Waals surface area contributed by atoms with Gasteiger partial charge < -0.3 is 9.47 Å². The second kappa shape index (κ2) is 8.80. The standard InChI is InChI=1S/C24H29N3O2/c1-26-24(19-7-5-4-6-8-19)21-11-13-27(14-12-22(21)25-26)16-18-9-10-23(29-3)20(15-18)17-28-2/h4-10,15H,11-14,16-17H2,1-3H3. The van der Waals surface area contributed by atoms with Crippen molar-refractivity contribution in [2.24, 2.45) is 7.05 Å². The molecular formula is C24H29N3O2. The molecule has 2 aromatic carbocycles. The van der Waals surface area contributed by atoms with Gasteiger partial charge in [-0.25, -0.2) is 0 Å². The summed E-state index contributed by atoms with van der Waals surface area (Å²) in [7, 11) is 5.48. The molecule has 1 aromatic heterocycles. The molecule has 1 aliphatic heterocycles. The number of ether oxygens (including phenoxy) is 2. The van der Waals surface area contributed by atoms with Crippen molar-refractivity contribution in [1.82, 2.24) is 14.7 Å². The van der Waals surface area contributed by atoms with E-state index in [1.165, 1.54) is 28.1 Å². The molecule has 5 heteroatoms. The van der Waals surface area contributed by atoms with Crippen molar-refractivity contribution in [1.29, 1.82) is 0 Å². The number of aryl methyl sites for hydroxylation is 1. The van der Waals surface area contributed by atoms with Gasteiger partial charge in [-0.1, -0.05) is 36.4 Å². The summed E-state index contributed by atoms with van der Waals surface area (Å²) < 4.78 is 12.8. The monoisotopic (exact) mass is 391 g/mol. The van der Waals surface area contributed by atoms with Gasteiger partial charge in [-0.3, -0.25) is 9.58 Å². The Labute approximate surface area is 172 Å². The van der Waals surface area contributed by atoms with E-state index in [0.29, 0.717) is 6.61 Å². The Morgan fingerprint density at radius 1 is 1.00 bits per heavy atom. The van der Waals surface area contributed by atoms with Crippen LogP contribution in [0.4, 0.5) is 0 Å². The fourth-order valence-corrected chi connectivity index (χ4v) is 4.30. The van der Waals surface area contributed by atoms with Gasteiger partial charge in [0.1, 0.15) is 5.75 Å². The van der Waals surface area contributed by atoms with E-state index in [1.54, 1.807) is 14.2 Å². The predicted octanol–water partition coefficient (Wildman–Crippen LogP) is 3.84. The van der Waals surface area contributed by atoms with E-state index in [9.17, 15) is 0 Å². The summed E-state index contributed by atoms with van der Waals surface area (Å²) in [5, 5.41) is 4.85. The van der Waals surface area contributed by atoms with Gasteiger partial charge in [0, 0.05) is 56.9 Å². The first kappa shape index (κ1) is 19.7. The second-order valence-electron chi connectivity index (χ2n) is 7.62. The van der Waals surface area contributed by atoms with Crippen LogP contribution >= 0.6 is 0 Å². The summed E-state index contributed by atoms with van der Waals surface area (Å²) in [6.07, 6.45) is 2.01. The molecule has 0 spiro atoms. The highest BCUT2D eigenvalue weighted by Gasteiger charge is 2.22. The van der Waals surface area contributed by atoms with E-state index in [0.717, 1.165) is 43.8 Å². The maximum Gasteiger partial charge on any atom is 0.124 e. The number of nitrogens with zero attached hydrogens (tertiary/aromatic N) is 3. The average molecular weight is 392 g/mol. The third-order valence-corrected chi connectivity index (χ3v) is 5.67. The molecule has 0 N–H and O–H groups in total. The van der Waals surface area contributed by atoms with E-state index >= 15 is 0 Å². The summed E-state index contributed by atoms with van der Waals surface area (Å²) in [5.74, 6) is 0.885. The van der Waals surface area contributed by atoms with E-state index in [2.05, 4.69) is 59.1 Å². The molecule has 0 bridgehead atoms. The molecule has 0 fully saturated rings. The molecular weight excluding hydrogens is 362 g/mol. The smallest absolute Gasteiger partial charge is 0.124 e. The van der Waals surface area contributed by atoms with Gasteiger partial charge >= 0.3 is 0 Å².